The smallest absolute Gasteiger partial charge is 0.306 e. The van der Waals surface area contributed by atoms with Gasteiger partial charge >= 0.3 is 5.97 Å². The number of hydrogen-bond acceptors (Lipinski definition) is 2. The maximum atomic E-state index is 12.2. The third-order valence-electron chi connectivity index (χ3n) is 12.0. The number of allylic oxidation sites excluding steroid dienone is 23. The van der Waals surface area contributed by atoms with Crippen LogP contribution in [0.4, 0.5) is 0 Å². The van der Waals surface area contributed by atoms with Crippen LogP contribution in [0.25, 0.3) is 0 Å². The Morgan fingerprint density at radius 2 is 0.631 bits per heavy atom. The van der Waals surface area contributed by atoms with Gasteiger partial charge in [0.25, 0.3) is 0 Å². The normalized spacial score (nSPS) is 14.2. The lowest BCUT2D eigenvalue weighted by Gasteiger charge is -2.05. The van der Waals surface area contributed by atoms with Gasteiger partial charge in [-0.3, -0.25) is 4.79 Å². The Labute approximate surface area is 404 Å². The quantitative estimate of drug-likeness (QED) is 0.0349. The number of carbonyl (C=O) groups is 1. The fraction of sp³-hybridized carbons (Fsp3) is 0.603. The van der Waals surface area contributed by atoms with Crippen LogP contribution < -0.4 is 0 Å². The van der Waals surface area contributed by atoms with E-state index in [9.17, 15) is 4.79 Å². The molecule has 0 aliphatic rings. The zero-order valence-corrected chi connectivity index (χ0v) is 44.6. The summed E-state index contributed by atoms with van der Waals surface area (Å²) in [5.41, 5.74) is 13.3. The van der Waals surface area contributed by atoms with Crippen LogP contribution in [-0.4, -0.2) is 12.6 Å². The number of esters is 1. The molecule has 0 unspecified atom stereocenters. The second kappa shape index (κ2) is 44.2. The second-order valence-corrected chi connectivity index (χ2v) is 19.3. The fourth-order valence-electron chi connectivity index (χ4n) is 7.47. The molecular formula is C63H102O2. The van der Waals surface area contributed by atoms with E-state index in [2.05, 4.69) is 167 Å². The molecule has 0 aromatic rings. The predicted molar refractivity (Wildman–Crippen MR) is 294 cm³/mol. The molecule has 0 aliphatic heterocycles. The maximum Gasteiger partial charge on any atom is 0.306 e. The summed E-state index contributed by atoms with van der Waals surface area (Å²) in [5.74, 6) is -0.0656. The first kappa shape index (κ1) is 61.4. The molecule has 0 aliphatic carbocycles. The molecule has 0 fully saturated rings. The van der Waals surface area contributed by atoms with Gasteiger partial charge in [-0.15, -0.1) is 0 Å². The number of ether oxygens (including phenoxy) is 1. The van der Waals surface area contributed by atoms with Crippen molar-refractivity contribution < 1.29 is 9.53 Å². The van der Waals surface area contributed by atoms with E-state index < -0.39 is 0 Å². The zero-order chi connectivity index (χ0) is 48.2. The van der Waals surface area contributed by atoms with Crippen LogP contribution in [-0.2, 0) is 9.53 Å². The van der Waals surface area contributed by atoms with Crippen molar-refractivity contribution in [2.45, 2.75) is 243 Å². The van der Waals surface area contributed by atoms with E-state index in [0.29, 0.717) is 13.0 Å². The van der Waals surface area contributed by atoms with E-state index in [1.807, 2.05) is 0 Å². The Bertz CT molecular complexity index is 1610. The monoisotopic (exact) mass is 891 g/mol. The van der Waals surface area contributed by atoms with Gasteiger partial charge in [-0.25, -0.2) is 0 Å². The fourth-order valence-corrected chi connectivity index (χ4v) is 7.47. The molecule has 2 nitrogen and oxygen atoms in total. The van der Waals surface area contributed by atoms with E-state index in [1.165, 1.54) is 102 Å². The van der Waals surface area contributed by atoms with Crippen molar-refractivity contribution in [3.63, 3.8) is 0 Å². The summed E-state index contributed by atoms with van der Waals surface area (Å²) in [6.07, 6.45) is 63.7. The van der Waals surface area contributed by atoms with E-state index >= 15 is 0 Å². The van der Waals surface area contributed by atoms with E-state index in [1.54, 1.807) is 0 Å². The summed E-state index contributed by atoms with van der Waals surface area (Å²) in [6, 6.07) is 0. The number of hydrogen-bond donors (Lipinski definition) is 0. The summed E-state index contributed by atoms with van der Waals surface area (Å²) in [5, 5.41) is 0. The Morgan fingerprint density at radius 3 is 1.00 bits per heavy atom. The van der Waals surface area contributed by atoms with Crippen LogP contribution in [0, 0.1) is 0 Å². The van der Waals surface area contributed by atoms with Crippen molar-refractivity contribution in [2.75, 3.05) is 6.61 Å². The van der Waals surface area contributed by atoms with Gasteiger partial charge in [0, 0.05) is 6.42 Å². The third kappa shape index (κ3) is 45.3. The summed E-state index contributed by atoms with van der Waals surface area (Å²) in [7, 11) is 0. The van der Waals surface area contributed by atoms with Gasteiger partial charge in [0.1, 0.15) is 6.61 Å². The van der Waals surface area contributed by atoms with Crippen molar-refractivity contribution in [2.24, 2.45) is 0 Å². The minimum Gasteiger partial charge on any atom is -0.461 e. The van der Waals surface area contributed by atoms with Crippen molar-refractivity contribution in [3.05, 3.63) is 141 Å². The highest BCUT2D eigenvalue weighted by Gasteiger charge is 2.02. The van der Waals surface area contributed by atoms with Gasteiger partial charge < -0.3 is 4.74 Å². The molecular weight excluding hydrogens is 789 g/mol. The number of unbranched alkanes of at least 4 members (excludes halogenated alkanes) is 5. The van der Waals surface area contributed by atoms with Gasteiger partial charge in [-0.1, -0.05) is 161 Å². The first-order chi connectivity index (χ1) is 31.3. The van der Waals surface area contributed by atoms with Crippen molar-refractivity contribution in [3.8, 4) is 0 Å². The SMILES string of the molecule is CCC=CCC=CCC=CCCCCCCCC(=O)OCC=C(C)CCC=C(C)CCC=C(C)CCC=C(C)CCC=C(C)CCC=C(C)CCC=C(C)CCC=C(C)CCC=C(C)C. The molecule has 0 N–H and O–H groups in total. The molecule has 2 heteroatoms. The van der Waals surface area contributed by atoms with Gasteiger partial charge in [0.05, 0.1) is 0 Å². The molecule has 0 aromatic heterocycles. The highest BCUT2D eigenvalue weighted by molar-refractivity contribution is 5.69. The van der Waals surface area contributed by atoms with Crippen molar-refractivity contribution in [1.29, 1.82) is 0 Å². The van der Waals surface area contributed by atoms with Gasteiger partial charge in [0.2, 0.25) is 0 Å². The summed E-state index contributed by atoms with van der Waals surface area (Å²) < 4.78 is 5.48. The van der Waals surface area contributed by atoms with Crippen LogP contribution >= 0.6 is 0 Å². The van der Waals surface area contributed by atoms with Gasteiger partial charge in [-0.05, 0) is 217 Å². The van der Waals surface area contributed by atoms with E-state index in [0.717, 1.165) is 109 Å². The average Bonchev–Trinajstić information content (AvgIpc) is 3.25. The Morgan fingerprint density at radius 1 is 0.323 bits per heavy atom. The van der Waals surface area contributed by atoms with Crippen LogP contribution in [0.15, 0.2) is 141 Å². The van der Waals surface area contributed by atoms with Gasteiger partial charge in [0.15, 0.2) is 0 Å². The molecule has 0 rings (SSSR count). The molecule has 65 heavy (non-hydrogen) atoms. The highest BCUT2D eigenvalue weighted by Crippen LogP contribution is 2.18. The number of carbonyl (C=O) groups excluding carboxylic acids is 1. The second-order valence-electron chi connectivity index (χ2n) is 19.3. The van der Waals surface area contributed by atoms with Crippen molar-refractivity contribution >= 4 is 5.97 Å². The lowest BCUT2D eigenvalue weighted by Crippen LogP contribution is -2.04. The van der Waals surface area contributed by atoms with Crippen LogP contribution in [0.5, 0.6) is 0 Å². The Balaban J connectivity index is 4.11. The molecule has 0 saturated heterocycles. The van der Waals surface area contributed by atoms with Crippen LogP contribution in [0.3, 0.4) is 0 Å². The lowest BCUT2D eigenvalue weighted by atomic mass is 10.0. The highest BCUT2D eigenvalue weighted by atomic mass is 16.5. The van der Waals surface area contributed by atoms with Crippen LogP contribution in [0.1, 0.15) is 243 Å². The minimum atomic E-state index is -0.0656. The zero-order valence-electron chi connectivity index (χ0n) is 44.6. The molecule has 0 spiro atoms. The molecule has 0 saturated carbocycles. The van der Waals surface area contributed by atoms with E-state index in [-0.39, 0.29) is 5.97 Å². The van der Waals surface area contributed by atoms with Gasteiger partial charge in [-0.2, -0.15) is 0 Å². The van der Waals surface area contributed by atoms with Crippen LogP contribution in [0.2, 0.25) is 0 Å². The molecule has 0 atom stereocenters. The molecule has 0 bridgehead atoms. The number of rotatable bonds is 39. The van der Waals surface area contributed by atoms with Crippen molar-refractivity contribution in [1.82, 2.24) is 0 Å². The molecule has 0 heterocycles. The topological polar surface area (TPSA) is 26.3 Å². The maximum absolute atomic E-state index is 12.2. The molecule has 366 valence electrons. The largest absolute Gasteiger partial charge is 0.461 e. The lowest BCUT2D eigenvalue weighted by molar-refractivity contribution is -0.142. The summed E-state index contributed by atoms with van der Waals surface area (Å²) >= 11 is 0. The Hall–Kier alpha value is -3.65. The minimum absolute atomic E-state index is 0.0656. The average molecular weight is 892 g/mol. The first-order valence-corrected chi connectivity index (χ1v) is 26.3. The molecule has 0 radical (unpaired) electrons. The molecule has 0 aromatic carbocycles. The summed E-state index contributed by atoms with van der Waals surface area (Å²) in [4.78, 5) is 12.2. The molecule has 0 amide bonds. The standard InChI is InChI=1S/C63H102O2/c1-12-13-14-15-16-17-18-19-20-21-22-23-24-25-26-51-63(64)65-53-52-62(11)50-34-49-61(10)48-33-47-60(9)46-32-45-59(8)44-31-43-58(7)42-30-41-57(6)40-29-39-56(5)38-28-37-55(4)36-27-35-54(2)3/h13-14,16-17,19-20,35,37,39,41,43,45,47,49,52H,12,15,18,21-34,36,38,40,42,44,46,48,50-51,53H2,1-11H3. The van der Waals surface area contributed by atoms with E-state index in [4.69, 9.17) is 4.74 Å². The predicted octanol–water partition coefficient (Wildman–Crippen LogP) is 20.9. The third-order valence-corrected chi connectivity index (χ3v) is 12.0. The Kier molecular flexibility index (Phi) is 41.7. The first-order valence-electron chi connectivity index (χ1n) is 26.3. The summed E-state index contributed by atoms with van der Waals surface area (Å²) in [6.45, 7) is 25.1.